The van der Waals surface area contributed by atoms with Crippen LogP contribution >= 0.6 is 0 Å². The number of para-hydroxylation sites is 2. The Kier molecular flexibility index (Phi) is 4.54. The number of benzene rings is 4. The minimum Gasteiger partial charge on any atom is -0.333 e. The summed E-state index contributed by atoms with van der Waals surface area (Å²) in [4.78, 5) is 2.75. The Morgan fingerprint density at radius 1 is 0.615 bits per heavy atom. The molecule has 0 amide bonds. The SMILES string of the molecule is CC1(C)c2ccccc2-c2c1c1ccc3c(c1n2-c1ccccc1)N(c1ccccc1)C1(C)CCCCC31C. The molecule has 0 N–H and O–H groups in total. The molecule has 1 aromatic heterocycles. The van der Waals surface area contributed by atoms with Gasteiger partial charge in [0.25, 0.3) is 0 Å². The number of nitrogens with zero attached hydrogens (tertiary/aromatic N) is 2. The molecule has 3 aliphatic rings. The molecule has 2 heterocycles. The number of hydrogen-bond donors (Lipinski definition) is 0. The molecule has 194 valence electrons. The highest BCUT2D eigenvalue weighted by atomic mass is 15.3. The third-order valence-corrected chi connectivity index (χ3v) is 10.7. The second-order valence-corrected chi connectivity index (χ2v) is 12.9. The first-order chi connectivity index (χ1) is 18.9. The van der Waals surface area contributed by atoms with Crippen LogP contribution in [0.15, 0.2) is 97.1 Å². The van der Waals surface area contributed by atoms with Crippen molar-refractivity contribution in [2.75, 3.05) is 4.90 Å². The van der Waals surface area contributed by atoms with Crippen LogP contribution in [0.5, 0.6) is 0 Å². The first-order valence-corrected chi connectivity index (χ1v) is 14.6. The largest absolute Gasteiger partial charge is 0.333 e. The van der Waals surface area contributed by atoms with Gasteiger partial charge in [0.15, 0.2) is 0 Å². The van der Waals surface area contributed by atoms with E-state index in [4.69, 9.17) is 0 Å². The molecule has 4 aromatic carbocycles. The van der Waals surface area contributed by atoms with Crippen LogP contribution in [0, 0.1) is 0 Å². The maximum atomic E-state index is 2.75. The van der Waals surface area contributed by atoms with Crippen molar-refractivity contribution in [3.8, 4) is 16.9 Å². The Morgan fingerprint density at radius 3 is 2.00 bits per heavy atom. The van der Waals surface area contributed by atoms with Crippen molar-refractivity contribution in [3.05, 3.63) is 114 Å². The lowest BCUT2D eigenvalue weighted by Gasteiger charge is -2.50. The van der Waals surface area contributed by atoms with E-state index < -0.39 is 0 Å². The molecule has 39 heavy (non-hydrogen) atoms. The van der Waals surface area contributed by atoms with Crippen molar-refractivity contribution < 1.29 is 0 Å². The van der Waals surface area contributed by atoms with E-state index in [1.807, 2.05) is 0 Å². The molecule has 2 unspecified atom stereocenters. The van der Waals surface area contributed by atoms with Crippen LogP contribution < -0.4 is 4.90 Å². The van der Waals surface area contributed by atoms with Gasteiger partial charge < -0.3 is 9.47 Å². The summed E-state index contributed by atoms with van der Waals surface area (Å²) in [5.74, 6) is 0. The fraction of sp³-hybridized carbons (Fsp3) is 0.297. The summed E-state index contributed by atoms with van der Waals surface area (Å²) in [6.45, 7) is 9.91. The van der Waals surface area contributed by atoms with Gasteiger partial charge >= 0.3 is 0 Å². The smallest absolute Gasteiger partial charge is 0.0779 e. The van der Waals surface area contributed by atoms with E-state index in [2.05, 4.69) is 134 Å². The Labute approximate surface area is 231 Å². The maximum absolute atomic E-state index is 2.75. The first kappa shape index (κ1) is 23.1. The fourth-order valence-corrected chi connectivity index (χ4v) is 8.64. The van der Waals surface area contributed by atoms with Crippen molar-refractivity contribution in [3.63, 3.8) is 0 Å². The number of rotatable bonds is 2. The third-order valence-electron chi connectivity index (χ3n) is 10.7. The van der Waals surface area contributed by atoms with Gasteiger partial charge in [-0.25, -0.2) is 0 Å². The molecule has 8 rings (SSSR count). The van der Waals surface area contributed by atoms with Gasteiger partial charge in [0.05, 0.1) is 22.4 Å². The molecule has 0 radical (unpaired) electrons. The fourth-order valence-electron chi connectivity index (χ4n) is 8.64. The summed E-state index contributed by atoms with van der Waals surface area (Å²) in [6.07, 6.45) is 5.01. The highest BCUT2D eigenvalue weighted by Gasteiger charge is 2.59. The third kappa shape index (κ3) is 2.72. The molecular weight excluding hydrogens is 472 g/mol. The maximum Gasteiger partial charge on any atom is 0.0779 e. The molecule has 2 heteroatoms. The van der Waals surface area contributed by atoms with Gasteiger partial charge in [0, 0.05) is 33.2 Å². The second-order valence-electron chi connectivity index (χ2n) is 12.9. The first-order valence-electron chi connectivity index (χ1n) is 14.6. The highest BCUT2D eigenvalue weighted by molar-refractivity contribution is 6.08. The molecule has 0 saturated heterocycles. The van der Waals surface area contributed by atoms with Crippen molar-refractivity contribution >= 4 is 22.3 Å². The van der Waals surface area contributed by atoms with Gasteiger partial charge in [0.1, 0.15) is 0 Å². The van der Waals surface area contributed by atoms with E-state index in [1.165, 1.54) is 81.6 Å². The van der Waals surface area contributed by atoms with Crippen LogP contribution in [-0.4, -0.2) is 10.1 Å². The lowest BCUT2D eigenvalue weighted by Crippen LogP contribution is -2.54. The average molecular weight is 509 g/mol. The number of fused-ring (bicyclic) bond motifs is 9. The minimum absolute atomic E-state index is 0.0207. The molecule has 1 saturated carbocycles. The van der Waals surface area contributed by atoms with E-state index in [-0.39, 0.29) is 16.4 Å². The molecule has 2 atom stereocenters. The summed E-state index contributed by atoms with van der Waals surface area (Å²) in [6, 6.07) is 36.3. The molecule has 1 fully saturated rings. The topological polar surface area (TPSA) is 8.17 Å². The van der Waals surface area contributed by atoms with Crippen molar-refractivity contribution in [1.82, 2.24) is 4.57 Å². The van der Waals surface area contributed by atoms with Gasteiger partial charge in [-0.05, 0) is 60.7 Å². The molecule has 2 aliphatic carbocycles. The van der Waals surface area contributed by atoms with E-state index >= 15 is 0 Å². The molecule has 0 bridgehead atoms. The van der Waals surface area contributed by atoms with Crippen molar-refractivity contribution in [2.45, 2.75) is 69.7 Å². The summed E-state index contributed by atoms with van der Waals surface area (Å²) in [7, 11) is 0. The molecule has 1 aliphatic heterocycles. The Hall–Kier alpha value is -3.78. The van der Waals surface area contributed by atoms with Crippen LogP contribution in [0.1, 0.15) is 70.1 Å². The molecular formula is C37H36N2. The van der Waals surface area contributed by atoms with Crippen LogP contribution in [0.4, 0.5) is 11.4 Å². The van der Waals surface area contributed by atoms with Crippen LogP contribution in [0.2, 0.25) is 0 Å². The van der Waals surface area contributed by atoms with Gasteiger partial charge in [-0.1, -0.05) is 106 Å². The second kappa shape index (κ2) is 7.66. The Balaban J connectivity index is 1.58. The quantitative estimate of drug-likeness (QED) is 0.230. The predicted octanol–water partition coefficient (Wildman–Crippen LogP) is 9.68. The summed E-state index contributed by atoms with van der Waals surface area (Å²) in [5, 5.41) is 1.39. The van der Waals surface area contributed by atoms with Crippen LogP contribution in [0.3, 0.4) is 0 Å². The average Bonchev–Trinajstić information content (AvgIpc) is 3.50. The summed E-state index contributed by atoms with van der Waals surface area (Å²) >= 11 is 0. The minimum atomic E-state index is -0.0742. The van der Waals surface area contributed by atoms with Gasteiger partial charge in [0.2, 0.25) is 0 Å². The van der Waals surface area contributed by atoms with E-state index in [0.29, 0.717) is 0 Å². The zero-order valence-corrected chi connectivity index (χ0v) is 23.5. The van der Waals surface area contributed by atoms with E-state index in [1.54, 1.807) is 0 Å². The molecule has 2 nitrogen and oxygen atoms in total. The lowest BCUT2D eigenvalue weighted by molar-refractivity contribution is 0.195. The molecule has 5 aromatic rings. The monoisotopic (exact) mass is 508 g/mol. The number of anilines is 2. The van der Waals surface area contributed by atoms with Crippen LogP contribution in [0.25, 0.3) is 27.8 Å². The lowest BCUT2D eigenvalue weighted by atomic mass is 9.61. The van der Waals surface area contributed by atoms with Gasteiger partial charge in [-0.3, -0.25) is 0 Å². The van der Waals surface area contributed by atoms with Crippen molar-refractivity contribution in [2.24, 2.45) is 0 Å². The van der Waals surface area contributed by atoms with E-state index in [0.717, 1.165) is 0 Å². The zero-order valence-electron chi connectivity index (χ0n) is 23.5. The number of hydrogen-bond acceptors (Lipinski definition) is 1. The Morgan fingerprint density at radius 2 is 1.26 bits per heavy atom. The number of aromatic nitrogens is 1. The summed E-state index contributed by atoms with van der Waals surface area (Å²) in [5.41, 5.74) is 12.5. The van der Waals surface area contributed by atoms with E-state index in [9.17, 15) is 0 Å². The standard InChI is InChI=1S/C37H36N2/c1-35(2)29-20-12-11-19-27(29)32-31(35)28-21-22-30-34(33(28)38(32)25-15-7-5-8-16-25)39(26-17-9-6-10-18-26)37(4)24-14-13-23-36(30,37)3/h5-12,15-22H,13-14,23-24H2,1-4H3. The Bertz CT molecular complexity index is 1760. The van der Waals surface area contributed by atoms with Gasteiger partial charge in [-0.15, -0.1) is 0 Å². The zero-order chi connectivity index (χ0) is 26.6. The predicted molar refractivity (Wildman–Crippen MR) is 164 cm³/mol. The van der Waals surface area contributed by atoms with Crippen molar-refractivity contribution in [1.29, 1.82) is 0 Å². The summed E-state index contributed by atoms with van der Waals surface area (Å²) < 4.78 is 2.61. The van der Waals surface area contributed by atoms with Crippen LogP contribution in [-0.2, 0) is 10.8 Å². The highest BCUT2D eigenvalue weighted by Crippen LogP contribution is 2.64. The van der Waals surface area contributed by atoms with Gasteiger partial charge in [-0.2, -0.15) is 0 Å². The molecule has 0 spiro atoms. The normalized spacial score (nSPS) is 24.4.